The van der Waals surface area contributed by atoms with Crippen molar-refractivity contribution < 1.29 is 4.74 Å². The molecule has 0 saturated carbocycles. The number of piperazine rings is 1. The highest BCUT2D eigenvalue weighted by Gasteiger charge is 2.15. The average molecular weight is 410 g/mol. The van der Waals surface area contributed by atoms with E-state index >= 15 is 0 Å². The predicted molar refractivity (Wildman–Crippen MR) is 118 cm³/mol. The molecule has 1 aliphatic rings. The van der Waals surface area contributed by atoms with Crippen molar-refractivity contribution in [3.05, 3.63) is 41.7 Å². The number of ether oxygens (including phenoxy) is 1. The Labute approximate surface area is 177 Å². The number of anilines is 1. The van der Waals surface area contributed by atoms with Gasteiger partial charge in [-0.05, 0) is 24.6 Å². The van der Waals surface area contributed by atoms with Crippen LogP contribution >= 0.6 is 0 Å². The van der Waals surface area contributed by atoms with Gasteiger partial charge in [-0.15, -0.1) is 0 Å². The number of unbranched alkanes of at least 4 members (excludes halogenated alkanes) is 1. The number of nitrogen functional groups attached to an aromatic ring is 1. The first kappa shape index (κ1) is 20.6. The van der Waals surface area contributed by atoms with Crippen LogP contribution in [0.3, 0.4) is 0 Å². The first-order chi connectivity index (χ1) is 14.6. The highest BCUT2D eigenvalue weighted by atomic mass is 16.5. The summed E-state index contributed by atoms with van der Waals surface area (Å²) in [4.78, 5) is 18.1. The molecular weight excluding hydrogens is 378 g/mol. The summed E-state index contributed by atoms with van der Waals surface area (Å²) >= 11 is 0. The van der Waals surface area contributed by atoms with Crippen LogP contribution in [0.4, 0.5) is 5.82 Å². The molecule has 0 unspecified atom stereocenters. The van der Waals surface area contributed by atoms with Gasteiger partial charge in [-0.2, -0.15) is 9.97 Å². The molecule has 30 heavy (non-hydrogen) atoms. The molecule has 0 bridgehead atoms. The van der Waals surface area contributed by atoms with Crippen molar-refractivity contribution in [2.24, 2.45) is 0 Å². The summed E-state index contributed by atoms with van der Waals surface area (Å²) in [6.07, 6.45) is 3.79. The maximum atomic E-state index is 6.09. The van der Waals surface area contributed by atoms with E-state index in [1.807, 2.05) is 4.57 Å². The Morgan fingerprint density at radius 2 is 1.83 bits per heavy atom. The second kappa shape index (κ2) is 9.40. The van der Waals surface area contributed by atoms with E-state index in [0.717, 1.165) is 45.6 Å². The van der Waals surface area contributed by atoms with E-state index in [9.17, 15) is 0 Å². The Morgan fingerprint density at radius 1 is 1.07 bits per heavy atom. The minimum absolute atomic E-state index is 0.319. The topological polar surface area (TPSA) is 85.3 Å². The molecule has 1 saturated heterocycles. The van der Waals surface area contributed by atoms with Gasteiger partial charge in [0, 0.05) is 32.7 Å². The fourth-order valence-corrected chi connectivity index (χ4v) is 3.72. The number of hydrogen-bond donors (Lipinski definition) is 1. The average Bonchev–Trinajstić information content (AvgIpc) is 3.13. The van der Waals surface area contributed by atoms with Gasteiger partial charge in [-0.3, -0.25) is 4.90 Å². The first-order valence-corrected chi connectivity index (χ1v) is 10.7. The van der Waals surface area contributed by atoms with Gasteiger partial charge in [-0.1, -0.05) is 37.6 Å². The maximum absolute atomic E-state index is 6.09. The highest BCUT2D eigenvalue weighted by molar-refractivity contribution is 5.81. The van der Waals surface area contributed by atoms with Crippen LogP contribution in [-0.2, 0) is 13.1 Å². The van der Waals surface area contributed by atoms with Crippen molar-refractivity contribution in [2.75, 3.05) is 45.6 Å². The van der Waals surface area contributed by atoms with E-state index in [2.05, 4.69) is 63.0 Å². The Kier molecular flexibility index (Phi) is 6.44. The number of nitrogens with two attached hydrogens (primary N) is 1. The molecule has 4 rings (SSSR count). The van der Waals surface area contributed by atoms with Gasteiger partial charge >= 0.3 is 6.01 Å². The van der Waals surface area contributed by atoms with E-state index in [4.69, 9.17) is 10.5 Å². The lowest BCUT2D eigenvalue weighted by Gasteiger charge is -2.32. The van der Waals surface area contributed by atoms with Crippen molar-refractivity contribution in [1.29, 1.82) is 0 Å². The van der Waals surface area contributed by atoms with Crippen LogP contribution in [0.1, 0.15) is 30.9 Å². The van der Waals surface area contributed by atoms with Crippen molar-refractivity contribution in [1.82, 2.24) is 29.3 Å². The third kappa shape index (κ3) is 4.88. The molecule has 3 aromatic rings. The number of hydrogen-bond acceptors (Lipinski definition) is 7. The van der Waals surface area contributed by atoms with E-state index in [1.54, 1.807) is 6.33 Å². The summed E-state index contributed by atoms with van der Waals surface area (Å²) in [6, 6.07) is 9.06. The van der Waals surface area contributed by atoms with E-state index in [1.165, 1.54) is 11.1 Å². The van der Waals surface area contributed by atoms with Gasteiger partial charge in [0.25, 0.3) is 0 Å². The molecule has 3 heterocycles. The Bertz CT molecular complexity index is 979. The second-order valence-corrected chi connectivity index (χ2v) is 8.04. The molecule has 0 aliphatic carbocycles. The standard InChI is InChI=1S/C22H31N7O/c1-3-4-12-30-22-25-20(23)19-21(26-22)29(16-24-19)15-18-7-5-6-17(13-18)14-28-10-8-27(2)9-11-28/h5-7,13,16H,3-4,8-12,14-15H2,1-2H3,(H2,23,25,26). The number of likely N-dealkylation sites (N-methyl/N-ethyl adjacent to an activating group) is 1. The van der Waals surface area contributed by atoms with Crippen LogP contribution in [-0.4, -0.2) is 69.2 Å². The zero-order valence-electron chi connectivity index (χ0n) is 17.9. The third-order valence-electron chi connectivity index (χ3n) is 5.55. The lowest BCUT2D eigenvalue weighted by atomic mass is 10.1. The van der Waals surface area contributed by atoms with Gasteiger partial charge < -0.3 is 19.9 Å². The summed E-state index contributed by atoms with van der Waals surface area (Å²) < 4.78 is 7.68. The molecule has 1 aliphatic heterocycles. The predicted octanol–water partition coefficient (Wildman–Crippen LogP) is 2.38. The fraction of sp³-hybridized carbons (Fsp3) is 0.500. The zero-order chi connectivity index (χ0) is 20.9. The minimum Gasteiger partial charge on any atom is -0.463 e. The van der Waals surface area contributed by atoms with Crippen molar-refractivity contribution in [2.45, 2.75) is 32.9 Å². The first-order valence-electron chi connectivity index (χ1n) is 10.7. The second-order valence-electron chi connectivity index (χ2n) is 8.04. The third-order valence-corrected chi connectivity index (χ3v) is 5.55. The van der Waals surface area contributed by atoms with Gasteiger partial charge in [-0.25, -0.2) is 4.98 Å². The summed E-state index contributed by atoms with van der Waals surface area (Å²) in [6.45, 7) is 8.86. The SMILES string of the molecule is CCCCOc1nc(N)c2ncn(Cc3cccc(CN4CCN(C)CC4)c3)c2n1. The van der Waals surface area contributed by atoms with Crippen molar-refractivity contribution >= 4 is 17.0 Å². The number of benzene rings is 1. The van der Waals surface area contributed by atoms with Crippen LogP contribution in [0.5, 0.6) is 6.01 Å². The quantitative estimate of drug-likeness (QED) is 0.572. The molecule has 160 valence electrons. The molecule has 0 atom stereocenters. The molecule has 8 nitrogen and oxygen atoms in total. The van der Waals surface area contributed by atoms with Gasteiger partial charge in [0.2, 0.25) is 0 Å². The lowest BCUT2D eigenvalue weighted by molar-refractivity contribution is 0.148. The number of nitrogens with zero attached hydrogens (tertiary/aromatic N) is 6. The normalized spacial score (nSPS) is 15.7. The van der Waals surface area contributed by atoms with Gasteiger partial charge in [0.15, 0.2) is 17.0 Å². The Balaban J connectivity index is 1.49. The number of rotatable bonds is 8. The molecule has 0 spiro atoms. The molecule has 1 aromatic carbocycles. The number of fused-ring (bicyclic) bond motifs is 1. The molecular formula is C22H31N7O. The number of aromatic nitrogens is 4. The lowest BCUT2D eigenvalue weighted by Crippen LogP contribution is -2.43. The largest absolute Gasteiger partial charge is 0.463 e. The molecule has 0 radical (unpaired) electrons. The van der Waals surface area contributed by atoms with Crippen molar-refractivity contribution in [3.8, 4) is 6.01 Å². The molecule has 2 N–H and O–H groups in total. The van der Waals surface area contributed by atoms with E-state index < -0.39 is 0 Å². The van der Waals surface area contributed by atoms with Gasteiger partial charge in [0.05, 0.1) is 19.5 Å². The molecule has 8 heteroatoms. The van der Waals surface area contributed by atoms with Crippen LogP contribution < -0.4 is 10.5 Å². The summed E-state index contributed by atoms with van der Waals surface area (Å²) in [5.74, 6) is 0.356. The Hall–Kier alpha value is -2.71. The van der Waals surface area contributed by atoms with Crippen LogP contribution in [0.25, 0.3) is 11.2 Å². The summed E-state index contributed by atoms with van der Waals surface area (Å²) in [7, 11) is 2.18. The summed E-state index contributed by atoms with van der Waals surface area (Å²) in [5, 5.41) is 0. The Morgan fingerprint density at radius 3 is 2.60 bits per heavy atom. The van der Waals surface area contributed by atoms with Gasteiger partial charge in [0.1, 0.15) is 0 Å². The van der Waals surface area contributed by atoms with Crippen LogP contribution in [0, 0.1) is 0 Å². The number of imidazole rings is 1. The summed E-state index contributed by atoms with van der Waals surface area (Å²) in [5.41, 5.74) is 9.96. The monoisotopic (exact) mass is 409 g/mol. The maximum Gasteiger partial charge on any atom is 0.320 e. The van der Waals surface area contributed by atoms with E-state index in [-0.39, 0.29) is 0 Å². The van der Waals surface area contributed by atoms with E-state index in [0.29, 0.717) is 36.1 Å². The van der Waals surface area contributed by atoms with Crippen molar-refractivity contribution in [3.63, 3.8) is 0 Å². The van der Waals surface area contributed by atoms with Crippen LogP contribution in [0.15, 0.2) is 30.6 Å². The fourth-order valence-electron chi connectivity index (χ4n) is 3.72. The molecule has 2 aromatic heterocycles. The highest BCUT2D eigenvalue weighted by Crippen LogP contribution is 2.21. The molecule has 0 amide bonds. The molecule has 1 fully saturated rings. The van der Waals surface area contributed by atoms with Crippen LogP contribution in [0.2, 0.25) is 0 Å². The smallest absolute Gasteiger partial charge is 0.320 e. The zero-order valence-corrected chi connectivity index (χ0v) is 17.9. The minimum atomic E-state index is 0.319.